The number of nitrogens with two attached hydrogens (primary N) is 2. The maximum atomic E-state index is 6.31. The van der Waals surface area contributed by atoms with Crippen molar-refractivity contribution in [3.8, 4) is 0 Å². The van der Waals surface area contributed by atoms with Crippen LogP contribution in [0.5, 0.6) is 0 Å². The largest absolute Gasteiger partial charge is 0.397 e. The molecule has 1 saturated heterocycles. The van der Waals surface area contributed by atoms with Crippen LogP contribution in [0.4, 0.5) is 5.69 Å². The molecule has 5 nitrogen and oxygen atoms in total. The van der Waals surface area contributed by atoms with Crippen LogP contribution in [0.25, 0.3) is 5.70 Å². The molecule has 1 saturated carbocycles. The predicted molar refractivity (Wildman–Crippen MR) is 132 cm³/mol. The number of anilines is 1. The first kappa shape index (κ1) is 23.1. The van der Waals surface area contributed by atoms with Gasteiger partial charge in [-0.2, -0.15) is 0 Å². The molecule has 3 rings (SSSR count). The van der Waals surface area contributed by atoms with E-state index in [4.69, 9.17) is 16.5 Å². The van der Waals surface area contributed by atoms with Gasteiger partial charge in [-0.1, -0.05) is 51.5 Å². The molecule has 1 aromatic heterocycles. The molecule has 1 aliphatic heterocycles. The van der Waals surface area contributed by atoms with E-state index in [-0.39, 0.29) is 6.04 Å². The Bertz CT molecular complexity index is 837. The summed E-state index contributed by atoms with van der Waals surface area (Å²) in [6, 6.07) is 4.22. The number of nitrogens with zero attached hydrogens (tertiary/aromatic N) is 2. The fourth-order valence-corrected chi connectivity index (χ4v) is 4.93. The smallest absolute Gasteiger partial charge is 0.109 e. The Morgan fingerprint density at radius 2 is 1.97 bits per heavy atom. The number of hydrogen-bond donors (Lipinski definition) is 3. The van der Waals surface area contributed by atoms with Crippen LogP contribution >= 0.6 is 0 Å². The van der Waals surface area contributed by atoms with Gasteiger partial charge in [0.15, 0.2) is 0 Å². The van der Waals surface area contributed by atoms with Gasteiger partial charge in [0.2, 0.25) is 0 Å². The molecule has 2 unspecified atom stereocenters. The SMILES string of the molecule is C=C/C=C(\C(=C/C)NC(=C)c1nc(C2CCCCC2)ccc1N)N1CC(C)CC(N)C1. The molecule has 2 aliphatic rings. The number of allylic oxidation sites excluding steroid dienone is 3. The zero-order chi connectivity index (χ0) is 22.4. The quantitative estimate of drug-likeness (QED) is 0.545. The predicted octanol–water partition coefficient (Wildman–Crippen LogP) is 4.91. The molecule has 0 amide bonds. The van der Waals surface area contributed by atoms with Gasteiger partial charge in [-0.15, -0.1) is 0 Å². The third kappa shape index (κ3) is 5.79. The Labute approximate surface area is 188 Å². The van der Waals surface area contributed by atoms with Gasteiger partial charge in [-0.05, 0) is 50.3 Å². The molecule has 1 aliphatic carbocycles. The molecule has 2 fully saturated rings. The van der Waals surface area contributed by atoms with Crippen molar-refractivity contribution >= 4 is 11.4 Å². The second-order valence-electron chi connectivity index (χ2n) is 9.11. The van der Waals surface area contributed by atoms with Gasteiger partial charge in [0.1, 0.15) is 5.69 Å². The topological polar surface area (TPSA) is 80.2 Å². The molecule has 0 aromatic carbocycles. The highest BCUT2D eigenvalue weighted by Gasteiger charge is 2.25. The van der Waals surface area contributed by atoms with Gasteiger partial charge in [-0.3, -0.25) is 0 Å². The van der Waals surface area contributed by atoms with Gasteiger partial charge < -0.3 is 21.7 Å². The summed E-state index contributed by atoms with van der Waals surface area (Å²) in [5, 5.41) is 3.49. The van der Waals surface area contributed by atoms with E-state index in [1.54, 1.807) is 0 Å². The second kappa shape index (κ2) is 10.7. The highest BCUT2D eigenvalue weighted by Crippen LogP contribution is 2.33. The Hall–Kier alpha value is -2.53. The Kier molecular flexibility index (Phi) is 7.97. The highest BCUT2D eigenvalue weighted by atomic mass is 15.2. The Morgan fingerprint density at radius 1 is 1.23 bits per heavy atom. The molecular formula is C26H39N5. The molecule has 0 radical (unpaired) electrons. The van der Waals surface area contributed by atoms with Crippen LogP contribution in [0.15, 0.2) is 54.9 Å². The average Bonchev–Trinajstić information content (AvgIpc) is 2.76. The summed E-state index contributed by atoms with van der Waals surface area (Å²) in [6.45, 7) is 14.3. The number of piperidine rings is 1. The molecule has 0 bridgehead atoms. The van der Waals surface area contributed by atoms with Crippen LogP contribution in [0.1, 0.15) is 69.7 Å². The summed E-state index contributed by atoms with van der Waals surface area (Å²) < 4.78 is 0. The van der Waals surface area contributed by atoms with E-state index < -0.39 is 0 Å². The molecule has 0 spiro atoms. The third-order valence-corrected chi connectivity index (χ3v) is 6.42. The maximum Gasteiger partial charge on any atom is 0.109 e. The summed E-state index contributed by atoms with van der Waals surface area (Å²) >= 11 is 0. The fraction of sp³-hybridized carbons (Fsp3) is 0.500. The van der Waals surface area contributed by atoms with Crippen LogP contribution < -0.4 is 16.8 Å². The number of pyridine rings is 1. The van der Waals surface area contributed by atoms with E-state index >= 15 is 0 Å². The first-order chi connectivity index (χ1) is 14.9. The average molecular weight is 422 g/mol. The molecule has 5 heteroatoms. The van der Waals surface area contributed by atoms with E-state index in [2.05, 4.69) is 42.4 Å². The first-order valence-electron chi connectivity index (χ1n) is 11.7. The van der Waals surface area contributed by atoms with Crippen molar-refractivity contribution in [2.45, 2.75) is 64.3 Å². The minimum Gasteiger partial charge on any atom is -0.397 e. The third-order valence-electron chi connectivity index (χ3n) is 6.42. The van der Waals surface area contributed by atoms with Crippen molar-refractivity contribution < 1.29 is 0 Å². The number of aromatic nitrogens is 1. The maximum absolute atomic E-state index is 6.31. The molecule has 168 valence electrons. The summed E-state index contributed by atoms with van der Waals surface area (Å²) in [6.07, 6.45) is 13.3. The second-order valence-corrected chi connectivity index (χ2v) is 9.11. The zero-order valence-electron chi connectivity index (χ0n) is 19.2. The lowest BCUT2D eigenvalue weighted by molar-refractivity contribution is 0.208. The Morgan fingerprint density at radius 3 is 2.61 bits per heavy atom. The lowest BCUT2D eigenvalue weighted by Gasteiger charge is -2.38. The molecule has 5 N–H and O–H groups in total. The zero-order valence-corrected chi connectivity index (χ0v) is 19.2. The molecule has 1 aromatic rings. The van der Waals surface area contributed by atoms with E-state index in [0.29, 0.717) is 23.2 Å². The van der Waals surface area contributed by atoms with Gasteiger partial charge in [0.25, 0.3) is 0 Å². The fourth-order valence-electron chi connectivity index (χ4n) is 4.93. The van der Waals surface area contributed by atoms with E-state index in [1.165, 1.54) is 32.1 Å². The molecular weight excluding hydrogens is 382 g/mol. The first-order valence-corrected chi connectivity index (χ1v) is 11.7. The highest BCUT2D eigenvalue weighted by molar-refractivity contribution is 5.71. The summed E-state index contributed by atoms with van der Waals surface area (Å²) in [7, 11) is 0. The lowest BCUT2D eigenvalue weighted by Crippen LogP contribution is -2.46. The molecule has 2 heterocycles. The van der Waals surface area contributed by atoms with Crippen LogP contribution in [0.3, 0.4) is 0 Å². The van der Waals surface area contributed by atoms with Crippen molar-refractivity contribution in [1.82, 2.24) is 15.2 Å². The van der Waals surface area contributed by atoms with E-state index in [1.807, 2.05) is 25.1 Å². The van der Waals surface area contributed by atoms with Gasteiger partial charge >= 0.3 is 0 Å². The van der Waals surface area contributed by atoms with Crippen molar-refractivity contribution in [2.75, 3.05) is 18.8 Å². The summed E-state index contributed by atoms with van der Waals surface area (Å²) in [5.74, 6) is 1.07. The summed E-state index contributed by atoms with van der Waals surface area (Å²) in [4.78, 5) is 7.28. The standard InChI is InChI=1S/C26H39N5/c1-5-10-25(31-16-18(3)15-21(27)17-31)23(6-2)29-19(4)26-22(28)13-14-24(30-26)20-11-8-7-9-12-20/h5-6,10,13-14,18,20-21,29H,1,4,7-9,11-12,15-17,27-28H2,2-3H3/b23-6+,25-10+. The number of nitrogens with one attached hydrogen (secondary N) is 1. The Balaban J connectivity index is 1.81. The van der Waals surface area contributed by atoms with Crippen LogP contribution in [-0.4, -0.2) is 29.0 Å². The minimum atomic E-state index is 0.169. The van der Waals surface area contributed by atoms with Crippen LogP contribution in [-0.2, 0) is 0 Å². The van der Waals surface area contributed by atoms with Crippen LogP contribution in [0.2, 0.25) is 0 Å². The molecule has 31 heavy (non-hydrogen) atoms. The van der Waals surface area contributed by atoms with Gasteiger partial charge in [0.05, 0.1) is 22.8 Å². The normalized spacial score (nSPS) is 23.5. The van der Waals surface area contributed by atoms with Crippen molar-refractivity contribution in [2.24, 2.45) is 11.7 Å². The van der Waals surface area contributed by atoms with Gasteiger partial charge in [-0.25, -0.2) is 4.98 Å². The van der Waals surface area contributed by atoms with Crippen LogP contribution in [0, 0.1) is 5.92 Å². The molecule has 2 atom stereocenters. The van der Waals surface area contributed by atoms with E-state index in [9.17, 15) is 0 Å². The monoisotopic (exact) mass is 421 g/mol. The van der Waals surface area contributed by atoms with Crippen molar-refractivity contribution in [3.05, 3.63) is 66.3 Å². The lowest BCUT2D eigenvalue weighted by atomic mass is 9.86. The number of nitrogen functional groups attached to an aromatic ring is 1. The summed E-state index contributed by atoms with van der Waals surface area (Å²) in [5.41, 5.74) is 17.9. The number of rotatable bonds is 7. The van der Waals surface area contributed by atoms with E-state index in [0.717, 1.165) is 42.3 Å². The van der Waals surface area contributed by atoms with Crippen molar-refractivity contribution in [1.29, 1.82) is 0 Å². The van der Waals surface area contributed by atoms with Gasteiger partial charge in [0, 0.05) is 30.7 Å². The number of hydrogen-bond acceptors (Lipinski definition) is 5. The minimum absolute atomic E-state index is 0.169. The van der Waals surface area contributed by atoms with Crippen molar-refractivity contribution in [3.63, 3.8) is 0 Å². The number of likely N-dealkylation sites (tertiary alicyclic amines) is 1.